The number of halogens is 1. The molecule has 5 nitrogen and oxygen atoms in total. The fourth-order valence-electron chi connectivity index (χ4n) is 2.60. The summed E-state index contributed by atoms with van der Waals surface area (Å²) in [4.78, 5) is 26.9. The highest BCUT2D eigenvalue weighted by atomic mass is 35.5. The van der Waals surface area contributed by atoms with Crippen molar-refractivity contribution in [3.63, 3.8) is 0 Å². The van der Waals surface area contributed by atoms with E-state index in [2.05, 4.69) is 0 Å². The topological polar surface area (TPSA) is 70.4 Å². The molecule has 1 atom stereocenters. The summed E-state index contributed by atoms with van der Waals surface area (Å²) >= 11 is 6.08. The molecule has 0 spiro atoms. The standard InChI is InChI=1S/C18H21ClN2O3/c1-17(2,3)24-10-14-15(22)18(4,5)16(23)21(14)12-7-6-11(9-20)13(19)8-12/h6-8,14H,10H2,1-5H3. The van der Waals surface area contributed by atoms with Gasteiger partial charge in [0, 0.05) is 5.69 Å². The number of nitriles is 1. The first kappa shape index (κ1) is 18.4. The zero-order valence-electron chi connectivity index (χ0n) is 14.5. The van der Waals surface area contributed by atoms with Gasteiger partial charge in [0.15, 0.2) is 5.78 Å². The molecule has 128 valence electrons. The molecular weight excluding hydrogens is 328 g/mol. The van der Waals surface area contributed by atoms with Crippen molar-refractivity contribution in [2.24, 2.45) is 5.41 Å². The molecule has 24 heavy (non-hydrogen) atoms. The number of ether oxygens (including phenoxy) is 1. The van der Waals surface area contributed by atoms with Crippen LogP contribution in [-0.4, -0.2) is 29.9 Å². The van der Waals surface area contributed by atoms with E-state index < -0.39 is 17.1 Å². The molecular formula is C18H21ClN2O3. The first-order valence-corrected chi connectivity index (χ1v) is 8.08. The number of benzene rings is 1. The lowest BCUT2D eigenvalue weighted by atomic mass is 9.88. The molecule has 0 saturated carbocycles. The van der Waals surface area contributed by atoms with Crippen LogP contribution in [0.15, 0.2) is 18.2 Å². The summed E-state index contributed by atoms with van der Waals surface area (Å²) in [5, 5.41) is 9.23. The van der Waals surface area contributed by atoms with E-state index in [1.807, 2.05) is 26.8 Å². The number of hydrogen-bond donors (Lipinski definition) is 0. The Kier molecular flexibility index (Phi) is 4.76. The largest absolute Gasteiger partial charge is 0.373 e. The third-order valence-electron chi connectivity index (χ3n) is 4.01. The number of Topliss-reactive ketones (excluding diaryl/α,β-unsaturated/α-hetero) is 1. The number of carbonyl (C=O) groups is 2. The van der Waals surface area contributed by atoms with Crippen LogP contribution in [0.5, 0.6) is 0 Å². The second-order valence-electron chi connectivity index (χ2n) is 7.38. The Morgan fingerprint density at radius 1 is 1.33 bits per heavy atom. The summed E-state index contributed by atoms with van der Waals surface area (Å²) < 4.78 is 5.75. The molecule has 0 N–H and O–H groups in total. The Morgan fingerprint density at radius 3 is 2.46 bits per heavy atom. The second kappa shape index (κ2) is 6.19. The Morgan fingerprint density at radius 2 is 1.96 bits per heavy atom. The van der Waals surface area contributed by atoms with Gasteiger partial charge in [0.2, 0.25) is 5.91 Å². The average Bonchev–Trinajstić information content (AvgIpc) is 2.65. The maximum atomic E-state index is 12.8. The number of amides is 1. The SMILES string of the molecule is CC(C)(C)OCC1C(=O)C(C)(C)C(=O)N1c1ccc(C#N)c(Cl)c1. The minimum absolute atomic E-state index is 0.106. The molecule has 1 aliphatic heterocycles. The van der Waals surface area contributed by atoms with E-state index in [1.165, 1.54) is 11.0 Å². The number of nitrogens with zero attached hydrogens (tertiary/aromatic N) is 2. The van der Waals surface area contributed by atoms with Crippen molar-refractivity contribution in [2.75, 3.05) is 11.5 Å². The van der Waals surface area contributed by atoms with Crippen LogP contribution in [0, 0.1) is 16.7 Å². The number of rotatable bonds is 3. The van der Waals surface area contributed by atoms with Crippen molar-refractivity contribution in [3.8, 4) is 6.07 Å². The number of anilines is 1. The van der Waals surface area contributed by atoms with Gasteiger partial charge < -0.3 is 4.74 Å². The van der Waals surface area contributed by atoms with E-state index in [-0.39, 0.29) is 23.3 Å². The van der Waals surface area contributed by atoms with Crippen LogP contribution in [0.1, 0.15) is 40.2 Å². The molecule has 1 heterocycles. The molecule has 1 amide bonds. The quantitative estimate of drug-likeness (QED) is 0.785. The van der Waals surface area contributed by atoms with Crippen molar-refractivity contribution in [2.45, 2.75) is 46.3 Å². The lowest BCUT2D eigenvalue weighted by Gasteiger charge is -2.27. The summed E-state index contributed by atoms with van der Waals surface area (Å²) in [6, 6.07) is 5.97. The Hall–Kier alpha value is -1.90. The third kappa shape index (κ3) is 3.31. The predicted octanol–water partition coefficient (Wildman–Crippen LogP) is 3.34. The summed E-state index contributed by atoms with van der Waals surface area (Å²) in [7, 11) is 0. The Labute approximate surface area is 147 Å². The van der Waals surface area contributed by atoms with Crippen LogP contribution in [0.4, 0.5) is 5.69 Å². The van der Waals surface area contributed by atoms with Gasteiger partial charge in [-0.05, 0) is 52.8 Å². The number of carbonyl (C=O) groups excluding carboxylic acids is 2. The van der Waals surface area contributed by atoms with E-state index in [0.717, 1.165) is 0 Å². The van der Waals surface area contributed by atoms with Crippen LogP contribution in [0.2, 0.25) is 5.02 Å². The van der Waals surface area contributed by atoms with Gasteiger partial charge in [-0.2, -0.15) is 5.26 Å². The van der Waals surface area contributed by atoms with Crippen molar-refractivity contribution >= 4 is 29.0 Å². The van der Waals surface area contributed by atoms with Crippen LogP contribution >= 0.6 is 11.6 Å². The Balaban J connectivity index is 2.43. The van der Waals surface area contributed by atoms with E-state index in [0.29, 0.717) is 11.3 Å². The lowest BCUT2D eigenvalue weighted by molar-refractivity contribution is -0.133. The van der Waals surface area contributed by atoms with Gasteiger partial charge in [0.1, 0.15) is 17.5 Å². The molecule has 0 radical (unpaired) electrons. The molecule has 6 heteroatoms. The van der Waals surface area contributed by atoms with Crippen LogP contribution < -0.4 is 4.90 Å². The normalized spacial score (nSPS) is 20.4. The maximum Gasteiger partial charge on any atom is 0.240 e. The minimum atomic E-state index is -1.12. The maximum absolute atomic E-state index is 12.8. The summed E-state index contributed by atoms with van der Waals surface area (Å²) in [6.07, 6.45) is 0. The fraction of sp³-hybridized carbons (Fsp3) is 0.500. The highest BCUT2D eigenvalue weighted by molar-refractivity contribution is 6.32. The smallest absolute Gasteiger partial charge is 0.240 e. The third-order valence-corrected chi connectivity index (χ3v) is 4.32. The first-order valence-electron chi connectivity index (χ1n) is 7.70. The zero-order chi connectivity index (χ0) is 18.3. The van der Waals surface area contributed by atoms with E-state index in [1.54, 1.807) is 26.0 Å². The van der Waals surface area contributed by atoms with Crippen LogP contribution in [0.25, 0.3) is 0 Å². The van der Waals surface area contributed by atoms with Gasteiger partial charge in [-0.15, -0.1) is 0 Å². The highest BCUT2D eigenvalue weighted by Crippen LogP contribution is 2.37. The molecule has 1 aromatic carbocycles. The van der Waals surface area contributed by atoms with Crippen molar-refractivity contribution in [3.05, 3.63) is 28.8 Å². The molecule has 1 aliphatic rings. The van der Waals surface area contributed by atoms with Crippen molar-refractivity contribution < 1.29 is 14.3 Å². The van der Waals surface area contributed by atoms with Crippen molar-refractivity contribution in [1.29, 1.82) is 5.26 Å². The molecule has 2 rings (SSSR count). The molecule has 1 fully saturated rings. The first-order chi connectivity index (χ1) is 11.0. The van der Waals surface area contributed by atoms with Crippen LogP contribution in [0.3, 0.4) is 0 Å². The lowest BCUT2D eigenvalue weighted by Crippen LogP contribution is -2.41. The summed E-state index contributed by atoms with van der Waals surface area (Å²) in [5.41, 5.74) is -0.735. The number of hydrogen-bond acceptors (Lipinski definition) is 4. The van der Waals surface area contributed by atoms with Gasteiger partial charge in [-0.25, -0.2) is 0 Å². The zero-order valence-corrected chi connectivity index (χ0v) is 15.3. The molecule has 0 bridgehead atoms. The van der Waals surface area contributed by atoms with E-state index >= 15 is 0 Å². The number of ketones is 1. The molecule has 0 aliphatic carbocycles. The van der Waals surface area contributed by atoms with E-state index in [9.17, 15) is 9.59 Å². The van der Waals surface area contributed by atoms with Crippen LogP contribution in [-0.2, 0) is 14.3 Å². The molecule has 1 unspecified atom stereocenters. The summed E-state index contributed by atoms with van der Waals surface area (Å²) in [6.45, 7) is 9.02. The Bertz CT molecular complexity index is 729. The van der Waals surface area contributed by atoms with Gasteiger partial charge in [0.05, 0.1) is 22.8 Å². The molecule has 1 aromatic rings. The monoisotopic (exact) mass is 348 g/mol. The molecule has 0 aromatic heterocycles. The average molecular weight is 349 g/mol. The minimum Gasteiger partial charge on any atom is -0.373 e. The van der Waals surface area contributed by atoms with Crippen molar-refractivity contribution in [1.82, 2.24) is 0 Å². The van der Waals surface area contributed by atoms with Gasteiger partial charge in [-0.1, -0.05) is 11.6 Å². The molecule has 1 saturated heterocycles. The highest BCUT2D eigenvalue weighted by Gasteiger charge is 2.53. The van der Waals surface area contributed by atoms with E-state index in [4.69, 9.17) is 21.6 Å². The van der Waals surface area contributed by atoms with Gasteiger partial charge in [0.25, 0.3) is 0 Å². The fourth-order valence-corrected chi connectivity index (χ4v) is 2.82. The predicted molar refractivity (Wildman–Crippen MR) is 91.9 cm³/mol. The van der Waals surface area contributed by atoms with Gasteiger partial charge in [-0.3, -0.25) is 14.5 Å². The second-order valence-corrected chi connectivity index (χ2v) is 7.79. The summed E-state index contributed by atoms with van der Waals surface area (Å²) in [5.74, 6) is -0.479. The van der Waals surface area contributed by atoms with Gasteiger partial charge >= 0.3 is 0 Å².